The van der Waals surface area contributed by atoms with Crippen LogP contribution in [0, 0.1) is 0 Å². The Morgan fingerprint density at radius 2 is 0.643 bits per heavy atom. The van der Waals surface area contributed by atoms with Crippen LogP contribution in [0.3, 0.4) is 0 Å². The number of esters is 2. The van der Waals surface area contributed by atoms with Crippen LogP contribution in [-0.2, 0) is 64.7 Å². The molecule has 0 N–H and O–H groups in total. The van der Waals surface area contributed by atoms with E-state index in [-0.39, 0.29) is 49.8 Å². The summed E-state index contributed by atoms with van der Waals surface area (Å²) >= 11 is 0. The lowest BCUT2D eigenvalue weighted by Gasteiger charge is -2.28. The van der Waals surface area contributed by atoms with E-state index in [1.165, 1.54) is 51.4 Å². The van der Waals surface area contributed by atoms with Gasteiger partial charge in [0, 0.05) is 91.8 Å². The Balaban J connectivity index is 3.93. The minimum Gasteiger partial charge on any atom is -0.466 e. The Labute approximate surface area is 428 Å². The van der Waals surface area contributed by atoms with Crippen LogP contribution in [0.1, 0.15) is 197 Å². The number of hydrogen-bond acceptors (Lipinski definition) is 14. The second-order valence-corrected chi connectivity index (χ2v) is 23.6. The molecule has 0 heterocycles. The van der Waals surface area contributed by atoms with Crippen molar-refractivity contribution in [1.82, 2.24) is 9.80 Å². The highest BCUT2D eigenvalue weighted by atomic mass is 28.4. The second kappa shape index (κ2) is 45.6. The molecule has 0 rings (SSSR count). The molecular weight excluding hydrogens is 933 g/mol. The predicted octanol–water partition coefficient (Wildman–Crippen LogP) is 10.5. The number of ether oxygens (including phenoxy) is 4. The number of nitrogens with zero attached hydrogens (tertiary/aromatic N) is 2. The molecule has 0 saturated heterocycles. The highest BCUT2D eigenvalue weighted by molar-refractivity contribution is 6.61. The first-order chi connectivity index (χ1) is 33.8. The first-order valence-corrected chi connectivity index (χ1v) is 31.5. The van der Waals surface area contributed by atoms with E-state index in [1.807, 2.05) is 41.5 Å². The van der Waals surface area contributed by atoms with Gasteiger partial charge in [0.1, 0.15) is 13.2 Å². The van der Waals surface area contributed by atoms with Gasteiger partial charge in [0.2, 0.25) is 11.8 Å². The topological polar surface area (TPSA) is 167 Å². The van der Waals surface area contributed by atoms with Crippen molar-refractivity contribution in [1.29, 1.82) is 0 Å². The molecule has 0 aromatic heterocycles. The van der Waals surface area contributed by atoms with Crippen molar-refractivity contribution in [2.75, 3.05) is 93.3 Å². The molecule has 0 saturated carbocycles. The fraction of sp³-hybridized carbons (Fsp3) is 0.923. The molecule has 16 nitrogen and oxygen atoms in total. The highest BCUT2D eigenvalue weighted by Gasteiger charge is 2.40. The summed E-state index contributed by atoms with van der Waals surface area (Å²) in [5.74, 6) is -0.886. The number of rotatable bonds is 51. The average molecular weight is 1040 g/mol. The molecule has 2 atom stereocenters. The summed E-state index contributed by atoms with van der Waals surface area (Å²) < 4.78 is 58.0. The summed E-state index contributed by atoms with van der Waals surface area (Å²) in [6, 6.07) is 1.76. The van der Waals surface area contributed by atoms with E-state index in [9.17, 15) is 19.2 Å². The largest absolute Gasteiger partial charge is 0.500 e. The zero-order chi connectivity index (χ0) is 52.1. The van der Waals surface area contributed by atoms with Gasteiger partial charge in [-0.25, -0.2) is 0 Å². The average Bonchev–Trinajstić information content (AvgIpc) is 3.33. The number of likely N-dealkylation sites (N-methyl/N-ethyl adjacent to an activating group) is 2. The van der Waals surface area contributed by atoms with Crippen LogP contribution in [-0.4, -0.2) is 157 Å². The fourth-order valence-corrected chi connectivity index (χ4v) is 13.3. The van der Waals surface area contributed by atoms with Gasteiger partial charge in [0.15, 0.2) is 0 Å². The molecular formula is C52H104N2O14Si2. The van der Waals surface area contributed by atoms with Crippen LogP contribution in [0.15, 0.2) is 0 Å². The Hall–Kier alpha value is -2.01. The molecule has 0 aromatic carbocycles. The van der Waals surface area contributed by atoms with Crippen molar-refractivity contribution >= 4 is 41.4 Å². The molecule has 0 bridgehead atoms. The van der Waals surface area contributed by atoms with Gasteiger partial charge in [0.05, 0.1) is 25.4 Å². The molecule has 0 radical (unpaired) electrons. The molecule has 2 amide bonds. The van der Waals surface area contributed by atoms with E-state index >= 15 is 0 Å². The summed E-state index contributed by atoms with van der Waals surface area (Å²) in [6.07, 6.45) is 20.8. The molecule has 0 fully saturated rings. The van der Waals surface area contributed by atoms with E-state index in [4.69, 9.17) is 45.5 Å². The highest BCUT2D eigenvalue weighted by Crippen LogP contribution is 2.23. The van der Waals surface area contributed by atoms with Crippen LogP contribution in [0.2, 0.25) is 12.1 Å². The summed E-state index contributed by atoms with van der Waals surface area (Å²) in [4.78, 5) is 53.0. The lowest BCUT2D eigenvalue weighted by Crippen LogP contribution is -2.45. The summed E-state index contributed by atoms with van der Waals surface area (Å²) in [6.45, 7) is 20.7. The second-order valence-electron chi connectivity index (χ2n) is 18.1. The van der Waals surface area contributed by atoms with E-state index in [0.717, 1.165) is 76.3 Å². The molecule has 18 heteroatoms. The number of hydrogen-bond donors (Lipinski definition) is 0. The Morgan fingerprint density at radius 1 is 0.386 bits per heavy atom. The molecule has 0 aliphatic rings. The maximum Gasteiger partial charge on any atom is 0.500 e. The molecule has 414 valence electrons. The number of amides is 2. The van der Waals surface area contributed by atoms with Crippen LogP contribution in [0.4, 0.5) is 0 Å². The monoisotopic (exact) mass is 1040 g/mol. The van der Waals surface area contributed by atoms with Crippen LogP contribution >= 0.6 is 0 Å². The van der Waals surface area contributed by atoms with Crippen molar-refractivity contribution < 1.29 is 64.7 Å². The molecule has 2 unspecified atom stereocenters. The van der Waals surface area contributed by atoms with Gasteiger partial charge >= 0.3 is 29.5 Å². The fourth-order valence-electron chi connectivity index (χ4n) is 7.95. The lowest BCUT2D eigenvalue weighted by atomic mass is 10.1. The van der Waals surface area contributed by atoms with Crippen molar-refractivity contribution in [3.63, 3.8) is 0 Å². The molecule has 0 aromatic rings. The lowest BCUT2D eigenvalue weighted by molar-refractivity contribution is -0.147. The zero-order valence-corrected chi connectivity index (χ0v) is 48.2. The quantitative estimate of drug-likeness (QED) is 0.0321. The molecule has 0 aliphatic heterocycles. The van der Waals surface area contributed by atoms with E-state index < -0.39 is 29.8 Å². The minimum atomic E-state index is -2.52. The summed E-state index contributed by atoms with van der Waals surface area (Å²) in [5.41, 5.74) is 0. The number of carbonyl (C=O) groups excluding carboxylic acids is 4. The third-order valence-electron chi connectivity index (χ3n) is 12.2. The minimum absolute atomic E-state index is 0.135. The normalized spacial score (nSPS) is 12.8. The van der Waals surface area contributed by atoms with Gasteiger partial charge in [0.25, 0.3) is 0 Å². The Bertz CT molecular complexity index is 1160. The SMILES string of the molecule is CCO[Si](CCCCCCCCCCCOC(=O)CCCN(C)C(=O)COC(C)C(C)OCC(=O)N(C)CCCC(=O)OCCCCCCCCCCC[Si](OCC)(OCC)OCC)(OCC)OCC. The standard InChI is InChI=1S/C52H104N2O14Si2/c1-11-63-69(64-12-2,65-13-3)43-33-29-25-21-17-19-23-27-31-41-59-51(57)37-35-39-53(9)49(55)45-61-47(7)48(8)62-46-50(56)54(10)40-36-38-52(58)60-42-32-28-24-20-18-22-26-30-34-44-70(66-14-4,67-15-5)68-16-6/h47-48H,11-46H2,1-10H3. The molecule has 70 heavy (non-hydrogen) atoms. The van der Waals surface area contributed by atoms with Crippen molar-refractivity contribution in [3.05, 3.63) is 0 Å². The smallest absolute Gasteiger partial charge is 0.466 e. The van der Waals surface area contributed by atoms with Gasteiger partial charge in [-0.05, 0) is 93.9 Å². The van der Waals surface area contributed by atoms with Crippen molar-refractivity contribution in [3.8, 4) is 0 Å². The van der Waals surface area contributed by atoms with E-state index in [0.29, 0.717) is 78.8 Å². The third kappa shape index (κ3) is 36.0. The van der Waals surface area contributed by atoms with Crippen molar-refractivity contribution in [2.45, 2.75) is 221 Å². The Morgan fingerprint density at radius 3 is 0.914 bits per heavy atom. The summed E-state index contributed by atoms with van der Waals surface area (Å²) in [7, 11) is -1.68. The maximum atomic E-state index is 12.7. The van der Waals surface area contributed by atoms with Gasteiger partial charge in [-0.3, -0.25) is 19.2 Å². The molecule has 0 spiro atoms. The van der Waals surface area contributed by atoms with E-state index in [1.54, 1.807) is 37.7 Å². The first kappa shape index (κ1) is 68.0. The van der Waals surface area contributed by atoms with Gasteiger partial charge < -0.3 is 55.3 Å². The van der Waals surface area contributed by atoms with Gasteiger partial charge in [-0.1, -0.05) is 89.9 Å². The maximum absolute atomic E-state index is 12.7. The van der Waals surface area contributed by atoms with Crippen LogP contribution in [0.25, 0.3) is 0 Å². The third-order valence-corrected chi connectivity index (χ3v) is 18.5. The van der Waals surface area contributed by atoms with Crippen LogP contribution < -0.4 is 0 Å². The Kier molecular flexibility index (Phi) is 44.3. The van der Waals surface area contributed by atoms with Crippen molar-refractivity contribution in [2.24, 2.45) is 0 Å². The van der Waals surface area contributed by atoms with Gasteiger partial charge in [-0.15, -0.1) is 0 Å². The molecule has 0 aliphatic carbocycles. The number of carbonyl (C=O) groups is 4. The number of unbranched alkanes of at least 4 members (excludes halogenated alkanes) is 16. The predicted molar refractivity (Wildman–Crippen MR) is 280 cm³/mol. The van der Waals surface area contributed by atoms with E-state index in [2.05, 4.69) is 0 Å². The van der Waals surface area contributed by atoms with Gasteiger partial charge in [-0.2, -0.15) is 0 Å². The van der Waals surface area contributed by atoms with Crippen LogP contribution in [0.5, 0.6) is 0 Å². The zero-order valence-electron chi connectivity index (χ0n) is 46.2. The summed E-state index contributed by atoms with van der Waals surface area (Å²) in [5, 5.41) is 0. The first-order valence-electron chi connectivity index (χ1n) is 27.6.